The van der Waals surface area contributed by atoms with Gasteiger partial charge in [-0.05, 0) is 64.3 Å². The van der Waals surface area contributed by atoms with Crippen molar-refractivity contribution in [2.75, 3.05) is 33.7 Å². The Morgan fingerprint density at radius 2 is 0.897 bits per heavy atom. The maximum absolute atomic E-state index is 8.70. The van der Waals surface area contributed by atoms with Crippen LogP contribution in [-0.2, 0) is 42.1 Å². The summed E-state index contributed by atoms with van der Waals surface area (Å²) in [4.78, 5) is 24.7. The molecule has 10 rings (SSSR count). The number of anilines is 6. The van der Waals surface area contributed by atoms with Gasteiger partial charge in [0.25, 0.3) is 0 Å². The number of fused-ring (bicyclic) bond motifs is 4. The fourth-order valence-electron chi connectivity index (χ4n) is 6.18. The molecule has 4 aromatic heterocycles. The molecule has 296 valence electrons. The van der Waals surface area contributed by atoms with Crippen LogP contribution in [-0.4, -0.2) is 44.2 Å². The van der Waals surface area contributed by atoms with Gasteiger partial charge >= 0.3 is 42.1 Å². The van der Waals surface area contributed by atoms with Crippen molar-refractivity contribution >= 4 is 55.9 Å². The second kappa shape index (κ2) is 20.0. The number of hydrogen-bond donors (Lipinski definition) is 2. The molecule has 0 saturated carbocycles. The molecular formula is C46H40N8O2Pt2. The van der Waals surface area contributed by atoms with E-state index in [1.807, 2.05) is 102 Å². The van der Waals surface area contributed by atoms with Crippen molar-refractivity contribution < 1.29 is 52.3 Å². The molecule has 4 aromatic carbocycles. The molecule has 0 aliphatic carbocycles. The van der Waals surface area contributed by atoms with Gasteiger partial charge in [-0.2, -0.15) is 13.3 Å². The van der Waals surface area contributed by atoms with E-state index in [9.17, 15) is 0 Å². The van der Waals surface area contributed by atoms with Crippen molar-refractivity contribution in [3.05, 3.63) is 183 Å². The second-order valence-electron chi connectivity index (χ2n) is 13.0. The smallest absolute Gasteiger partial charge is 0.502 e. The minimum absolute atomic E-state index is 0. The van der Waals surface area contributed by atoms with Crippen molar-refractivity contribution in [2.24, 2.45) is 0 Å². The Morgan fingerprint density at radius 3 is 1.28 bits per heavy atom. The Labute approximate surface area is 368 Å². The first-order valence-electron chi connectivity index (χ1n) is 17.9. The van der Waals surface area contributed by atoms with Crippen LogP contribution in [0, 0.1) is 39.3 Å². The molecule has 8 aromatic rings. The van der Waals surface area contributed by atoms with Gasteiger partial charge in [-0.1, -0.05) is 47.8 Å². The van der Waals surface area contributed by atoms with E-state index in [2.05, 4.69) is 112 Å². The van der Waals surface area contributed by atoms with Gasteiger partial charge in [0.05, 0.1) is 0 Å². The van der Waals surface area contributed by atoms with Crippen molar-refractivity contribution in [3.8, 4) is 11.8 Å². The molecule has 2 N–H and O–H groups in total. The van der Waals surface area contributed by atoms with Crippen LogP contribution in [0.3, 0.4) is 0 Å². The quantitative estimate of drug-likeness (QED) is 0.163. The molecule has 0 spiro atoms. The monoisotopic (exact) mass is 1130 g/mol. The minimum Gasteiger partial charge on any atom is -0.502 e. The molecule has 58 heavy (non-hydrogen) atoms. The molecule has 0 unspecified atom stereocenters. The minimum atomic E-state index is 0. The summed E-state index contributed by atoms with van der Waals surface area (Å²) in [7, 11) is 4.06. The standard InChI is InChI=1S/2C17H13N3.2C6H7NO.2Pt/c2*1-19-12-20(17-16(19)7-4-10-18-17)15-9-8-13-5-2-3-6-14(13)11-15;2*1-5-3-2-4-6(8)7-5;;/h2*2-10,12H,1H3;2*2-4H,1H3,(H,7,8);;/q2*-2;;;2*+2. The Morgan fingerprint density at radius 1 is 0.483 bits per heavy atom. The molecule has 6 heterocycles. The van der Waals surface area contributed by atoms with Gasteiger partial charge in [0.2, 0.25) is 11.8 Å². The van der Waals surface area contributed by atoms with Crippen LogP contribution in [0.15, 0.2) is 146 Å². The second-order valence-corrected chi connectivity index (χ2v) is 13.0. The third-order valence-electron chi connectivity index (χ3n) is 8.88. The first kappa shape index (κ1) is 43.3. The summed E-state index contributed by atoms with van der Waals surface area (Å²) in [6, 6.07) is 50.2. The first-order valence-corrected chi connectivity index (χ1v) is 17.9. The average molecular weight is 1130 g/mol. The van der Waals surface area contributed by atoms with E-state index >= 15 is 0 Å². The molecule has 0 atom stereocenters. The van der Waals surface area contributed by atoms with E-state index in [0.29, 0.717) is 0 Å². The molecule has 0 amide bonds. The molecule has 2 aliphatic rings. The molecule has 0 fully saturated rings. The van der Waals surface area contributed by atoms with E-state index in [4.69, 9.17) is 10.2 Å². The summed E-state index contributed by atoms with van der Waals surface area (Å²) in [5.74, 6) is 2.07. The summed E-state index contributed by atoms with van der Waals surface area (Å²) >= 11 is 0. The van der Waals surface area contributed by atoms with Crippen LogP contribution in [0.25, 0.3) is 21.5 Å². The van der Waals surface area contributed by atoms with E-state index in [-0.39, 0.29) is 53.9 Å². The van der Waals surface area contributed by atoms with E-state index in [0.717, 1.165) is 56.5 Å². The third-order valence-corrected chi connectivity index (χ3v) is 8.88. The number of benzene rings is 4. The SMILES string of the molecule is CN1[CH-]N(c2[c-]c3ccccc3cc2)c2ncccc21.CN1[CH-]N(c2[c-]c3ccccc3cc2)c2ncccc21.Cc1cccc(O)n1.Cc1cccc(O)n1.[Pt+2].[Pt+2]. The van der Waals surface area contributed by atoms with Gasteiger partial charge in [-0.15, -0.1) is 82.2 Å². The Bertz CT molecular complexity index is 2380. The number of hydrogen-bond acceptors (Lipinski definition) is 10. The van der Waals surface area contributed by atoms with E-state index < -0.39 is 0 Å². The van der Waals surface area contributed by atoms with Crippen LogP contribution in [0.4, 0.5) is 34.4 Å². The maximum Gasteiger partial charge on any atom is 2.00 e. The van der Waals surface area contributed by atoms with Crippen molar-refractivity contribution in [3.63, 3.8) is 0 Å². The van der Waals surface area contributed by atoms with Crippen LogP contribution < -0.4 is 19.6 Å². The van der Waals surface area contributed by atoms with Gasteiger partial charge in [0.1, 0.15) is 11.6 Å². The predicted molar refractivity (Wildman–Crippen MR) is 225 cm³/mol. The number of aryl methyl sites for hydroxylation is 2. The fraction of sp³-hybridized carbons (Fsp3) is 0.0870. The summed E-state index contributed by atoms with van der Waals surface area (Å²) < 4.78 is 0. The van der Waals surface area contributed by atoms with Gasteiger partial charge in [0, 0.05) is 47.3 Å². The Kier molecular flexibility index (Phi) is 15.0. The number of rotatable bonds is 2. The zero-order valence-electron chi connectivity index (χ0n) is 32.1. The van der Waals surface area contributed by atoms with Gasteiger partial charge in [0.15, 0.2) is 0 Å². The average Bonchev–Trinajstić information content (AvgIpc) is 3.74. The summed E-state index contributed by atoms with van der Waals surface area (Å²) in [6.07, 6.45) is 3.64. The summed E-state index contributed by atoms with van der Waals surface area (Å²) in [5, 5.41) is 22.0. The van der Waals surface area contributed by atoms with Crippen molar-refractivity contribution in [1.29, 1.82) is 0 Å². The number of nitrogens with zero attached hydrogens (tertiary/aromatic N) is 8. The number of aromatic nitrogens is 4. The molecule has 0 bridgehead atoms. The van der Waals surface area contributed by atoms with E-state index in [1.165, 1.54) is 10.8 Å². The molecule has 0 radical (unpaired) electrons. The van der Waals surface area contributed by atoms with Crippen LogP contribution >= 0.6 is 0 Å². The van der Waals surface area contributed by atoms with Crippen molar-refractivity contribution in [2.45, 2.75) is 13.8 Å². The zero-order valence-corrected chi connectivity index (χ0v) is 36.7. The maximum atomic E-state index is 8.70. The fourth-order valence-corrected chi connectivity index (χ4v) is 6.18. The van der Waals surface area contributed by atoms with Crippen LogP contribution in [0.1, 0.15) is 11.4 Å². The predicted octanol–water partition coefficient (Wildman–Crippen LogP) is 9.67. The summed E-state index contributed by atoms with van der Waals surface area (Å²) in [5.41, 5.74) is 5.90. The largest absolute Gasteiger partial charge is 2.00 e. The third kappa shape index (κ3) is 10.4. The topological polar surface area (TPSA) is 105 Å². The van der Waals surface area contributed by atoms with Gasteiger partial charge in [-0.25, -0.2) is 19.9 Å². The Balaban J connectivity index is 0.000000158. The molecule has 0 saturated heterocycles. The first-order chi connectivity index (χ1) is 27.2. The van der Waals surface area contributed by atoms with Crippen LogP contribution in [0.5, 0.6) is 11.8 Å². The van der Waals surface area contributed by atoms with Crippen molar-refractivity contribution in [1.82, 2.24) is 19.9 Å². The van der Waals surface area contributed by atoms with E-state index in [1.54, 1.807) is 24.3 Å². The molecular weight excluding hydrogens is 1090 g/mol. The Hall–Kier alpha value is -5.82. The molecule has 12 heteroatoms. The molecule has 2 aliphatic heterocycles. The van der Waals surface area contributed by atoms with Gasteiger partial charge in [-0.3, -0.25) is 0 Å². The normalized spacial score (nSPS) is 12.1. The number of pyridine rings is 4. The van der Waals surface area contributed by atoms with Gasteiger partial charge < -0.3 is 29.8 Å². The molecule has 10 nitrogen and oxygen atoms in total. The van der Waals surface area contributed by atoms with Crippen LogP contribution in [0.2, 0.25) is 0 Å². The number of aromatic hydroxyl groups is 2. The zero-order chi connectivity index (χ0) is 39.0. The summed E-state index contributed by atoms with van der Waals surface area (Å²) in [6.45, 7) is 7.75.